The van der Waals surface area contributed by atoms with E-state index in [0.717, 1.165) is 17.5 Å². The predicted molar refractivity (Wildman–Crippen MR) is 140 cm³/mol. The summed E-state index contributed by atoms with van der Waals surface area (Å²) in [4.78, 5) is 16.6. The maximum absolute atomic E-state index is 13.7. The molecule has 0 saturated heterocycles. The molecule has 6 nitrogen and oxygen atoms in total. The summed E-state index contributed by atoms with van der Waals surface area (Å²) in [6.45, 7) is 0.671. The van der Waals surface area contributed by atoms with Crippen LogP contribution < -0.4 is 0 Å². The lowest BCUT2D eigenvalue weighted by atomic mass is 9.93. The maximum Gasteiger partial charge on any atom is 0.245 e. The van der Waals surface area contributed by atoms with E-state index in [1.54, 1.807) is 23.3 Å². The molecule has 1 aromatic heterocycles. The van der Waals surface area contributed by atoms with Crippen LogP contribution in [0.4, 0.5) is 0 Å². The summed E-state index contributed by atoms with van der Waals surface area (Å²) in [6, 6.07) is 15.9. The lowest BCUT2D eigenvalue weighted by Crippen LogP contribution is -2.47. The molecule has 1 aliphatic heterocycles. The average molecular weight is 554 g/mol. The van der Waals surface area contributed by atoms with E-state index in [1.165, 1.54) is 27.4 Å². The largest absolute Gasteiger partial charge is 0.385 e. The van der Waals surface area contributed by atoms with Crippen molar-refractivity contribution in [3.8, 4) is 0 Å². The van der Waals surface area contributed by atoms with Crippen LogP contribution in [0.25, 0.3) is 0 Å². The third-order valence-electron chi connectivity index (χ3n) is 5.98. The second-order valence-corrected chi connectivity index (χ2v) is 12.0. The quantitative estimate of drug-likeness (QED) is 0.340. The summed E-state index contributed by atoms with van der Waals surface area (Å²) < 4.78 is 33.5. The minimum atomic E-state index is -4.08. The number of sulfonamides is 1. The molecular formula is C25H26Cl2N2O4S2. The number of benzene rings is 2. The van der Waals surface area contributed by atoms with E-state index in [2.05, 4.69) is 6.07 Å². The van der Waals surface area contributed by atoms with Gasteiger partial charge in [0.05, 0.1) is 17.6 Å². The lowest BCUT2D eigenvalue weighted by molar-refractivity contribution is -0.133. The number of nitrogens with zero attached hydrogens (tertiary/aromatic N) is 2. The molecule has 10 heteroatoms. The van der Waals surface area contributed by atoms with Gasteiger partial charge in [-0.25, -0.2) is 8.42 Å². The molecule has 0 bridgehead atoms. The van der Waals surface area contributed by atoms with Gasteiger partial charge in [0.15, 0.2) is 0 Å². The Bertz CT molecular complexity index is 1280. The summed E-state index contributed by atoms with van der Waals surface area (Å²) in [5.74, 6) is -0.269. The second kappa shape index (κ2) is 11.4. The van der Waals surface area contributed by atoms with Gasteiger partial charge < -0.3 is 9.64 Å². The molecule has 1 unspecified atom stereocenters. The molecule has 35 heavy (non-hydrogen) atoms. The van der Waals surface area contributed by atoms with Crippen molar-refractivity contribution in [2.24, 2.45) is 0 Å². The number of ether oxygens (including phenoxy) is 1. The summed E-state index contributed by atoms with van der Waals surface area (Å²) in [5.41, 5.74) is 2.08. The van der Waals surface area contributed by atoms with Crippen molar-refractivity contribution in [1.29, 1.82) is 0 Å². The van der Waals surface area contributed by atoms with Crippen LogP contribution in [-0.4, -0.2) is 56.9 Å². The Hall–Kier alpha value is -1.94. The number of fused-ring (bicyclic) bond motifs is 1. The van der Waals surface area contributed by atoms with Crippen molar-refractivity contribution in [2.75, 3.05) is 33.4 Å². The molecular weight excluding hydrogens is 527 g/mol. The van der Waals surface area contributed by atoms with Gasteiger partial charge in [0.1, 0.15) is 4.90 Å². The zero-order chi connectivity index (χ0) is 25.0. The Morgan fingerprint density at radius 3 is 2.69 bits per heavy atom. The Morgan fingerprint density at radius 2 is 1.94 bits per heavy atom. The van der Waals surface area contributed by atoms with Crippen LogP contribution >= 0.6 is 34.5 Å². The van der Waals surface area contributed by atoms with Crippen molar-refractivity contribution in [3.05, 3.63) is 86.0 Å². The molecule has 0 aliphatic carbocycles. The van der Waals surface area contributed by atoms with Gasteiger partial charge in [-0.2, -0.15) is 4.31 Å². The molecule has 2 aromatic carbocycles. The van der Waals surface area contributed by atoms with Crippen LogP contribution in [-0.2, 0) is 26.0 Å². The summed E-state index contributed by atoms with van der Waals surface area (Å²) in [6.07, 6.45) is 1.16. The molecule has 1 amide bonds. The van der Waals surface area contributed by atoms with Gasteiger partial charge in [-0.3, -0.25) is 4.79 Å². The first-order valence-electron chi connectivity index (χ1n) is 11.2. The molecule has 4 rings (SSSR count). The molecule has 0 fully saturated rings. The van der Waals surface area contributed by atoms with Crippen molar-refractivity contribution in [3.63, 3.8) is 0 Å². The Morgan fingerprint density at radius 1 is 1.17 bits per heavy atom. The van der Waals surface area contributed by atoms with Crippen LogP contribution in [0, 0.1) is 0 Å². The number of hydrogen-bond acceptors (Lipinski definition) is 5. The normalized spacial score (nSPS) is 15.9. The molecule has 0 spiro atoms. The first kappa shape index (κ1) is 26.1. The van der Waals surface area contributed by atoms with Crippen LogP contribution in [0.1, 0.15) is 28.5 Å². The fourth-order valence-corrected chi connectivity index (χ4v) is 7.37. The van der Waals surface area contributed by atoms with Crippen molar-refractivity contribution in [2.45, 2.75) is 23.8 Å². The van der Waals surface area contributed by atoms with Crippen LogP contribution in [0.15, 0.2) is 64.9 Å². The van der Waals surface area contributed by atoms with E-state index in [9.17, 15) is 13.2 Å². The fraction of sp³-hybridized carbons (Fsp3) is 0.320. The number of halogens is 2. The van der Waals surface area contributed by atoms with Gasteiger partial charge in [0.2, 0.25) is 15.9 Å². The van der Waals surface area contributed by atoms with E-state index >= 15 is 0 Å². The number of thiophene rings is 1. The second-order valence-electron chi connectivity index (χ2n) is 8.21. The monoisotopic (exact) mass is 552 g/mol. The van der Waals surface area contributed by atoms with E-state index in [1.807, 2.05) is 35.7 Å². The van der Waals surface area contributed by atoms with E-state index in [4.69, 9.17) is 27.9 Å². The first-order chi connectivity index (χ1) is 16.8. The summed E-state index contributed by atoms with van der Waals surface area (Å²) in [7, 11) is -2.53. The topological polar surface area (TPSA) is 66.9 Å². The number of carbonyl (C=O) groups excluding carboxylic acids is 1. The van der Waals surface area contributed by atoms with Gasteiger partial charge in [0, 0.05) is 36.7 Å². The predicted octanol–water partition coefficient (Wildman–Crippen LogP) is 5.26. The highest BCUT2D eigenvalue weighted by Crippen LogP contribution is 2.38. The summed E-state index contributed by atoms with van der Waals surface area (Å²) >= 11 is 14.0. The van der Waals surface area contributed by atoms with Gasteiger partial charge >= 0.3 is 0 Å². The number of amides is 1. The van der Waals surface area contributed by atoms with Crippen molar-refractivity contribution < 1.29 is 17.9 Å². The van der Waals surface area contributed by atoms with Gasteiger partial charge in [0.25, 0.3) is 0 Å². The molecule has 1 atom stereocenters. The zero-order valence-electron chi connectivity index (χ0n) is 19.2. The zero-order valence-corrected chi connectivity index (χ0v) is 22.3. The van der Waals surface area contributed by atoms with Crippen LogP contribution in [0.5, 0.6) is 0 Å². The molecule has 0 radical (unpaired) electrons. The van der Waals surface area contributed by atoms with E-state index < -0.39 is 10.0 Å². The molecule has 0 N–H and O–H groups in total. The minimum Gasteiger partial charge on any atom is -0.385 e. The highest BCUT2D eigenvalue weighted by atomic mass is 35.5. The first-order valence-corrected chi connectivity index (χ1v) is 14.3. The molecule has 0 saturated carbocycles. The average Bonchev–Trinajstić information content (AvgIpc) is 3.33. The standard InChI is InChI=1S/C25H26Cl2N2O4S2/c1-33-14-5-12-28(35(31,32)23-16-19(26)8-9-21(23)27)17-24(30)29-13-10-22-20(11-15-34-22)25(29)18-6-3-2-4-7-18/h2-4,6-9,11,15-16,25H,5,10,12-14,17H2,1H3. The smallest absolute Gasteiger partial charge is 0.245 e. The maximum atomic E-state index is 13.7. The number of hydrogen-bond donors (Lipinski definition) is 0. The fourth-order valence-electron chi connectivity index (χ4n) is 4.30. The van der Waals surface area contributed by atoms with E-state index in [-0.39, 0.29) is 40.0 Å². The highest BCUT2D eigenvalue weighted by Gasteiger charge is 2.36. The van der Waals surface area contributed by atoms with Gasteiger partial charge in [-0.1, -0.05) is 53.5 Å². The minimum absolute atomic E-state index is 0.0571. The Labute approximate surface area is 220 Å². The van der Waals surface area contributed by atoms with E-state index in [0.29, 0.717) is 19.6 Å². The number of methoxy groups -OCH3 is 1. The van der Waals surface area contributed by atoms with Crippen molar-refractivity contribution >= 4 is 50.5 Å². The third-order valence-corrected chi connectivity index (χ3v) is 9.54. The van der Waals surface area contributed by atoms with Crippen molar-refractivity contribution in [1.82, 2.24) is 9.21 Å². The molecule has 1 aliphatic rings. The summed E-state index contributed by atoms with van der Waals surface area (Å²) in [5, 5.41) is 2.35. The SMILES string of the molecule is COCCCN(CC(=O)N1CCc2sccc2C1c1ccccc1)S(=O)(=O)c1cc(Cl)ccc1Cl. The number of carbonyl (C=O) groups is 1. The highest BCUT2D eigenvalue weighted by molar-refractivity contribution is 7.89. The van der Waals surface area contributed by atoms with Crippen LogP contribution in [0.3, 0.4) is 0 Å². The van der Waals surface area contributed by atoms with Crippen LogP contribution in [0.2, 0.25) is 10.0 Å². The third kappa shape index (κ3) is 5.74. The number of rotatable bonds is 9. The van der Waals surface area contributed by atoms with Gasteiger partial charge in [-0.15, -0.1) is 11.3 Å². The molecule has 2 heterocycles. The Kier molecular flexibility index (Phi) is 8.52. The molecule has 3 aromatic rings. The molecule has 186 valence electrons. The van der Waals surface area contributed by atoms with Gasteiger partial charge in [-0.05, 0) is 53.6 Å². The lowest BCUT2D eigenvalue weighted by Gasteiger charge is -2.37. The Balaban J connectivity index is 1.66.